The number of hydrogen-bond acceptors (Lipinski definition) is 2. The van der Waals surface area contributed by atoms with E-state index in [0.29, 0.717) is 6.42 Å². The molecule has 1 atom stereocenters. The Kier molecular flexibility index (Phi) is 4.10. The van der Waals surface area contributed by atoms with Gasteiger partial charge < -0.3 is 4.74 Å². The second-order valence-electron chi connectivity index (χ2n) is 5.88. The van der Waals surface area contributed by atoms with Gasteiger partial charge in [-0.05, 0) is 54.2 Å². The zero-order valence-electron chi connectivity index (χ0n) is 13.0. The van der Waals surface area contributed by atoms with Crippen LogP contribution in [0, 0.1) is 6.92 Å². The fourth-order valence-electron chi connectivity index (χ4n) is 2.97. The lowest BCUT2D eigenvalue weighted by molar-refractivity contribution is -0.115. The van der Waals surface area contributed by atoms with Gasteiger partial charge in [0.1, 0.15) is 5.75 Å². The molecule has 112 valence electrons. The fourth-order valence-corrected chi connectivity index (χ4v) is 2.97. The topological polar surface area (TPSA) is 26.3 Å². The van der Waals surface area contributed by atoms with Crippen molar-refractivity contribution >= 4 is 11.4 Å². The first-order chi connectivity index (χ1) is 10.7. The number of methoxy groups -OCH3 is 1. The first-order valence-corrected chi connectivity index (χ1v) is 7.60. The number of benzene rings is 2. The van der Waals surface area contributed by atoms with Crippen LogP contribution >= 0.6 is 0 Å². The van der Waals surface area contributed by atoms with Crippen molar-refractivity contribution in [3.8, 4) is 5.75 Å². The minimum atomic E-state index is 0.211. The van der Waals surface area contributed by atoms with Crippen molar-refractivity contribution in [2.75, 3.05) is 7.11 Å². The van der Waals surface area contributed by atoms with Crippen LogP contribution in [0.2, 0.25) is 0 Å². The molecule has 2 aromatic carbocycles. The summed E-state index contributed by atoms with van der Waals surface area (Å²) in [5.74, 6) is 1.31. The molecule has 2 heteroatoms. The van der Waals surface area contributed by atoms with Gasteiger partial charge in [0.2, 0.25) is 0 Å². The second kappa shape index (κ2) is 6.18. The van der Waals surface area contributed by atoms with E-state index in [1.165, 1.54) is 11.1 Å². The van der Waals surface area contributed by atoms with E-state index >= 15 is 0 Å². The highest BCUT2D eigenvalue weighted by Gasteiger charge is 2.22. The van der Waals surface area contributed by atoms with Crippen LogP contribution < -0.4 is 4.74 Å². The third-order valence-electron chi connectivity index (χ3n) is 4.26. The second-order valence-corrected chi connectivity index (χ2v) is 5.88. The van der Waals surface area contributed by atoms with Crippen LogP contribution in [0.25, 0.3) is 5.57 Å². The molecule has 22 heavy (non-hydrogen) atoms. The van der Waals surface area contributed by atoms with E-state index < -0.39 is 0 Å². The van der Waals surface area contributed by atoms with E-state index in [-0.39, 0.29) is 11.7 Å². The summed E-state index contributed by atoms with van der Waals surface area (Å²) in [6, 6.07) is 16.4. The predicted octanol–water partition coefficient (Wildman–Crippen LogP) is 4.53. The van der Waals surface area contributed by atoms with Crippen molar-refractivity contribution in [2.24, 2.45) is 0 Å². The number of carbonyl (C=O) groups excluding carboxylic acids is 1. The standard InChI is InChI=1S/C20H20O2/c1-14-3-5-15(6-4-14)17-11-18(13-19(21)12-17)16-7-9-20(22-2)10-8-16/h3-10,12,18H,11,13H2,1-2H3/t18-/m1/s1. The van der Waals surface area contributed by atoms with E-state index in [9.17, 15) is 4.79 Å². The molecule has 0 saturated carbocycles. The van der Waals surface area contributed by atoms with Crippen molar-refractivity contribution in [3.05, 3.63) is 71.3 Å². The molecule has 2 nitrogen and oxygen atoms in total. The fraction of sp³-hybridized carbons (Fsp3) is 0.250. The van der Waals surface area contributed by atoms with E-state index in [0.717, 1.165) is 23.3 Å². The van der Waals surface area contributed by atoms with Crippen LogP contribution in [0.3, 0.4) is 0 Å². The van der Waals surface area contributed by atoms with Crippen molar-refractivity contribution in [1.29, 1.82) is 0 Å². The minimum Gasteiger partial charge on any atom is -0.497 e. The predicted molar refractivity (Wildman–Crippen MR) is 89.1 cm³/mol. The number of rotatable bonds is 3. The Morgan fingerprint density at radius 2 is 1.64 bits per heavy atom. The number of aryl methyl sites for hydroxylation is 1. The molecule has 2 aromatic rings. The van der Waals surface area contributed by atoms with E-state index in [4.69, 9.17) is 4.74 Å². The lowest BCUT2D eigenvalue weighted by atomic mass is 9.81. The molecule has 0 radical (unpaired) electrons. The Balaban J connectivity index is 1.85. The molecule has 0 unspecified atom stereocenters. The highest BCUT2D eigenvalue weighted by Crippen LogP contribution is 2.36. The Morgan fingerprint density at radius 3 is 2.27 bits per heavy atom. The summed E-state index contributed by atoms with van der Waals surface area (Å²) in [5, 5.41) is 0. The van der Waals surface area contributed by atoms with Crippen LogP contribution in [0.1, 0.15) is 35.4 Å². The van der Waals surface area contributed by atoms with Gasteiger partial charge in [-0.1, -0.05) is 42.0 Å². The third kappa shape index (κ3) is 3.11. The summed E-state index contributed by atoms with van der Waals surface area (Å²) in [6.07, 6.45) is 3.30. The number of allylic oxidation sites excluding steroid dienone is 2. The van der Waals surface area contributed by atoms with Gasteiger partial charge in [-0.3, -0.25) is 4.79 Å². The van der Waals surface area contributed by atoms with Crippen molar-refractivity contribution in [2.45, 2.75) is 25.7 Å². The molecule has 0 spiro atoms. The number of hydrogen-bond donors (Lipinski definition) is 0. The molecule has 0 N–H and O–H groups in total. The summed E-state index contributed by atoms with van der Waals surface area (Å²) in [6.45, 7) is 2.07. The molecule has 0 aromatic heterocycles. The smallest absolute Gasteiger partial charge is 0.156 e. The van der Waals surface area contributed by atoms with E-state index in [1.807, 2.05) is 18.2 Å². The molecule has 0 heterocycles. The maximum atomic E-state index is 12.1. The molecule has 3 rings (SSSR count). The third-order valence-corrected chi connectivity index (χ3v) is 4.26. The van der Waals surface area contributed by atoms with Crippen LogP contribution in [-0.4, -0.2) is 12.9 Å². The molecule has 0 saturated heterocycles. The Labute approximate surface area is 131 Å². The summed E-state index contributed by atoms with van der Waals surface area (Å²) >= 11 is 0. The maximum absolute atomic E-state index is 12.1. The molecular formula is C20H20O2. The zero-order chi connectivity index (χ0) is 15.5. The Bertz CT molecular complexity index is 693. The van der Waals surface area contributed by atoms with Crippen LogP contribution in [0.15, 0.2) is 54.6 Å². The molecule has 0 aliphatic heterocycles. The summed E-state index contributed by atoms with van der Waals surface area (Å²) < 4.78 is 5.20. The van der Waals surface area contributed by atoms with Crippen LogP contribution in [0.4, 0.5) is 0 Å². The number of carbonyl (C=O) groups is 1. The first kappa shape index (κ1) is 14.6. The van der Waals surface area contributed by atoms with Crippen molar-refractivity contribution in [3.63, 3.8) is 0 Å². The largest absolute Gasteiger partial charge is 0.497 e. The molecule has 0 amide bonds. The molecule has 1 aliphatic rings. The van der Waals surface area contributed by atoms with Gasteiger partial charge in [0.25, 0.3) is 0 Å². The first-order valence-electron chi connectivity index (χ1n) is 7.60. The highest BCUT2D eigenvalue weighted by atomic mass is 16.5. The normalized spacial score (nSPS) is 18.0. The lowest BCUT2D eigenvalue weighted by Gasteiger charge is -2.23. The van der Waals surface area contributed by atoms with Crippen molar-refractivity contribution in [1.82, 2.24) is 0 Å². The van der Waals surface area contributed by atoms with E-state index in [2.05, 4.69) is 43.3 Å². The number of ketones is 1. The van der Waals surface area contributed by atoms with Crippen LogP contribution in [0.5, 0.6) is 5.75 Å². The average Bonchev–Trinajstić information content (AvgIpc) is 2.55. The van der Waals surface area contributed by atoms with Gasteiger partial charge in [0.05, 0.1) is 7.11 Å². The van der Waals surface area contributed by atoms with Gasteiger partial charge in [-0.2, -0.15) is 0 Å². The summed E-state index contributed by atoms with van der Waals surface area (Å²) in [7, 11) is 1.66. The average molecular weight is 292 g/mol. The summed E-state index contributed by atoms with van der Waals surface area (Å²) in [4.78, 5) is 12.1. The number of ether oxygens (including phenoxy) is 1. The van der Waals surface area contributed by atoms with Gasteiger partial charge in [-0.25, -0.2) is 0 Å². The van der Waals surface area contributed by atoms with Gasteiger partial charge in [-0.15, -0.1) is 0 Å². The van der Waals surface area contributed by atoms with Gasteiger partial charge in [0, 0.05) is 6.42 Å². The lowest BCUT2D eigenvalue weighted by Crippen LogP contribution is -2.12. The Morgan fingerprint density at radius 1 is 0.955 bits per heavy atom. The highest BCUT2D eigenvalue weighted by molar-refractivity contribution is 5.99. The monoisotopic (exact) mass is 292 g/mol. The van der Waals surface area contributed by atoms with E-state index in [1.54, 1.807) is 7.11 Å². The molecule has 1 aliphatic carbocycles. The molecule has 0 bridgehead atoms. The van der Waals surface area contributed by atoms with Crippen LogP contribution in [-0.2, 0) is 4.79 Å². The minimum absolute atomic E-state index is 0.211. The molecular weight excluding hydrogens is 272 g/mol. The van der Waals surface area contributed by atoms with Crippen molar-refractivity contribution < 1.29 is 9.53 Å². The van der Waals surface area contributed by atoms with Gasteiger partial charge >= 0.3 is 0 Å². The Hall–Kier alpha value is -2.35. The summed E-state index contributed by atoms with van der Waals surface area (Å²) in [5.41, 5.74) is 4.72. The maximum Gasteiger partial charge on any atom is 0.156 e. The van der Waals surface area contributed by atoms with Gasteiger partial charge in [0.15, 0.2) is 5.78 Å². The SMILES string of the molecule is COc1ccc([C@H]2CC(=O)C=C(c3ccc(C)cc3)C2)cc1. The quantitative estimate of drug-likeness (QED) is 0.830. The molecule has 0 fully saturated rings. The zero-order valence-corrected chi connectivity index (χ0v) is 13.0.